The van der Waals surface area contributed by atoms with Gasteiger partial charge in [0.25, 0.3) is 0 Å². The summed E-state index contributed by atoms with van der Waals surface area (Å²) in [4.78, 5) is 4.18. The van der Waals surface area contributed by atoms with E-state index in [0.29, 0.717) is 12.1 Å². The number of fused-ring (bicyclic) bond motifs is 1. The summed E-state index contributed by atoms with van der Waals surface area (Å²) in [6, 6.07) is 8.98. The van der Waals surface area contributed by atoms with Crippen LogP contribution in [0.25, 0.3) is 10.8 Å². The molecule has 1 aromatic carbocycles. The number of benzene rings is 1. The zero-order valence-electron chi connectivity index (χ0n) is 11.3. The van der Waals surface area contributed by atoms with Crippen molar-refractivity contribution in [2.45, 2.75) is 38.0 Å². The summed E-state index contributed by atoms with van der Waals surface area (Å²) < 4.78 is 5.53. The van der Waals surface area contributed by atoms with Crippen molar-refractivity contribution >= 4 is 10.8 Å². The molecule has 2 aromatic rings. The second kappa shape index (κ2) is 5.68. The average Bonchev–Trinajstić information content (AvgIpc) is 2.92. The lowest BCUT2D eigenvalue weighted by Gasteiger charge is -2.20. The number of aromatic nitrogens is 1. The van der Waals surface area contributed by atoms with Gasteiger partial charge in [-0.15, -0.1) is 0 Å². The number of pyridine rings is 1. The molecule has 1 aliphatic rings. The first-order valence-electron chi connectivity index (χ1n) is 6.96. The fourth-order valence-corrected chi connectivity index (χ4v) is 3.03. The van der Waals surface area contributed by atoms with E-state index in [1.807, 2.05) is 19.5 Å². The molecule has 100 valence electrons. The third kappa shape index (κ3) is 2.62. The van der Waals surface area contributed by atoms with Gasteiger partial charge in [0.05, 0.1) is 6.10 Å². The SMILES string of the molecule is COC1CCCC1NCc1cccc2cnccc12. The van der Waals surface area contributed by atoms with Gasteiger partial charge in [-0.2, -0.15) is 0 Å². The van der Waals surface area contributed by atoms with Crippen LogP contribution in [0.4, 0.5) is 0 Å². The van der Waals surface area contributed by atoms with E-state index in [1.54, 1.807) is 0 Å². The van der Waals surface area contributed by atoms with E-state index < -0.39 is 0 Å². The highest BCUT2D eigenvalue weighted by atomic mass is 16.5. The molecule has 1 N–H and O–H groups in total. The van der Waals surface area contributed by atoms with E-state index in [9.17, 15) is 0 Å². The number of ether oxygens (including phenoxy) is 1. The molecule has 3 heteroatoms. The van der Waals surface area contributed by atoms with E-state index in [4.69, 9.17) is 4.74 Å². The Morgan fingerprint density at radius 3 is 3.16 bits per heavy atom. The number of rotatable bonds is 4. The zero-order chi connectivity index (χ0) is 13.1. The lowest BCUT2D eigenvalue weighted by Crippen LogP contribution is -2.36. The van der Waals surface area contributed by atoms with Crippen LogP contribution in [-0.2, 0) is 11.3 Å². The van der Waals surface area contributed by atoms with Gasteiger partial charge in [0.2, 0.25) is 0 Å². The van der Waals surface area contributed by atoms with Gasteiger partial charge >= 0.3 is 0 Å². The predicted molar refractivity (Wildman–Crippen MR) is 77.0 cm³/mol. The molecule has 0 radical (unpaired) electrons. The fourth-order valence-electron chi connectivity index (χ4n) is 3.03. The third-order valence-corrected chi connectivity index (χ3v) is 4.08. The predicted octanol–water partition coefficient (Wildman–Crippen LogP) is 2.89. The van der Waals surface area contributed by atoms with Gasteiger partial charge < -0.3 is 10.1 Å². The smallest absolute Gasteiger partial charge is 0.0724 e. The van der Waals surface area contributed by atoms with Crippen LogP contribution in [0.1, 0.15) is 24.8 Å². The standard InChI is InChI=1S/C16H20N2O/c1-19-16-7-3-6-15(16)18-11-13-5-2-4-12-10-17-9-8-14(12)13/h2,4-5,8-10,15-16,18H,3,6-7,11H2,1H3. The summed E-state index contributed by atoms with van der Waals surface area (Å²) in [6.07, 6.45) is 7.80. The van der Waals surface area contributed by atoms with Crippen LogP contribution in [0.3, 0.4) is 0 Å². The number of nitrogens with zero attached hydrogens (tertiary/aromatic N) is 1. The van der Waals surface area contributed by atoms with Crippen LogP contribution in [-0.4, -0.2) is 24.2 Å². The molecular weight excluding hydrogens is 236 g/mol. The summed E-state index contributed by atoms with van der Waals surface area (Å²) >= 11 is 0. The number of nitrogens with one attached hydrogen (secondary N) is 1. The van der Waals surface area contributed by atoms with Crippen LogP contribution in [0.2, 0.25) is 0 Å². The Kier molecular flexibility index (Phi) is 3.76. The van der Waals surface area contributed by atoms with Crippen molar-refractivity contribution in [2.75, 3.05) is 7.11 Å². The summed E-state index contributed by atoms with van der Waals surface area (Å²) in [6.45, 7) is 0.895. The molecule has 3 rings (SSSR count). The molecule has 1 fully saturated rings. The van der Waals surface area contributed by atoms with Crippen molar-refractivity contribution in [1.82, 2.24) is 10.3 Å². The number of hydrogen-bond donors (Lipinski definition) is 1. The van der Waals surface area contributed by atoms with Crippen molar-refractivity contribution in [3.8, 4) is 0 Å². The maximum Gasteiger partial charge on any atom is 0.0724 e. The lowest BCUT2D eigenvalue weighted by atomic mass is 10.1. The summed E-state index contributed by atoms with van der Waals surface area (Å²) in [5, 5.41) is 6.14. The molecule has 2 atom stereocenters. The molecule has 19 heavy (non-hydrogen) atoms. The van der Waals surface area contributed by atoms with Crippen LogP contribution >= 0.6 is 0 Å². The lowest BCUT2D eigenvalue weighted by molar-refractivity contribution is 0.0847. The third-order valence-electron chi connectivity index (χ3n) is 4.08. The van der Waals surface area contributed by atoms with Gasteiger partial charge in [-0.25, -0.2) is 0 Å². The van der Waals surface area contributed by atoms with Crippen LogP contribution in [0.5, 0.6) is 0 Å². The second-order valence-electron chi connectivity index (χ2n) is 5.21. The minimum Gasteiger partial charge on any atom is -0.380 e. The molecule has 0 aliphatic heterocycles. The highest BCUT2D eigenvalue weighted by Gasteiger charge is 2.26. The maximum atomic E-state index is 5.53. The number of methoxy groups -OCH3 is 1. The van der Waals surface area contributed by atoms with Crippen LogP contribution in [0, 0.1) is 0 Å². The van der Waals surface area contributed by atoms with E-state index in [2.05, 4.69) is 34.6 Å². The molecule has 0 amide bonds. The number of hydrogen-bond acceptors (Lipinski definition) is 3. The molecule has 1 aromatic heterocycles. The molecule has 2 unspecified atom stereocenters. The Morgan fingerprint density at radius 2 is 2.26 bits per heavy atom. The van der Waals surface area contributed by atoms with Gasteiger partial charge in [0.15, 0.2) is 0 Å². The maximum absolute atomic E-state index is 5.53. The van der Waals surface area contributed by atoms with E-state index >= 15 is 0 Å². The molecular formula is C16H20N2O. The topological polar surface area (TPSA) is 34.1 Å². The molecule has 1 heterocycles. The summed E-state index contributed by atoms with van der Waals surface area (Å²) in [5.74, 6) is 0. The van der Waals surface area contributed by atoms with Gasteiger partial charge in [-0.05, 0) is 36.3 Å². The first-order valence-corrected chi connectivity index (χ1v) is 6.96. The molecule has 0 saturated heterocycles. The van der Waals surface area contributed by atoms with Gasteiger partial charge in [0, 0.05) is 37.5 Å². The Hall–Kier alpha value is -1.45. The van der Waals surface area contributed by atoms with E-state index in [0.717, 1.165) is 6.54 Å². The first-order chi connectivity index (χ1) is 9.38. The second-order valence-corrected chi connectivity index (χ2v) is 5.21. The Balaban J connectivity index is 1.75. The van der Waals surface area contributed by atoms with E-state index in [-0.39, 0.29) is 0 Å². The van der Waals surface area contributed by atoms with Gasteiger partial charge in [0.1, 0.15) is 0 Å². The summed E-state index contributed by atoms with van der Waals surface area (Å²) in [7, 11) is 1.81. The Labute approximate surface area is 114 Å². The Bertz CT molecular complexity index is 550. The fraction of sp³-hybridized carbons (Fsp3) is 0.438. The normalized spacial score (nSPS) is 23.0. The average molecular weight is 256 g/mol. The van der Waals surface area contributed by atoms with Crippen molar-refractivity contribution in [2.24, 2.45) is 0 Å². The quantitative estimate of drug-likeness (QED) is 0.913. The highest BCUT2D eigenvalue weighted by molar-refractivity contribution is 5.84. The molecule has 3 nitrogen and oxygen atoms in total. The Morgan fingerprint density at radius 1 is 1.32 bits per heavy atom. The zero-order valence-corrected chi connectivity index (χ0v) is 11.3. The van der Waals surface area contributed by atoms with Crippen LogP contribution in [0.15, 0.2) is 36.7 Å². The minimum atomic E-state index is 0.372. The van der Waals surface area contributed by atoms with Crippen molar-refractivity contribution < 1.29 is 4.74 Å². The van der Waals surface area contributed by atoms with Crippen molar-refractivity contribution in [3.05, 3.63) is 42.2 Å². The van der Waals surface area contributed by atoms with Gasteiger partial charge in [-0.1, -0.05) is 18.2 Å². The van der Waals surface area contributed by atoms with E-state index in [1.165, 1.54) is 35.6 Å². The largest absolute Gasteiger partial charge is 0.380 e. The molecule has 1 aliphatic carbocycles. The summed E-state index contributed by atoms with van der Waals surface area (Å²) in [5.41, 5.74) is 1.33. The van der Waals surface area contributed by atoms with Crippen molar-refractivity contribution in [1.29, 1.82) is 0 Å². The molecule has 1 saturated carbocycles. The van der Waals surface area contributed by atoms with Crippen molar-refractivity contribution in [3.63, 3.8) is 0 Å². The highest BCUT2D eigenvalue weighted by Crippen LogP contribution is 2.23. The van der Waals surface area contributed by atoms with Gasteiger partial charge in [-0.3, -0.25) is 4.98 Å². The monoisotopic (exact) mass is 256 g/mol. The minimum absolute atomic E-state index is 0.372. The van der Waals surface area contributed by atoms with Crippen LogP contribution < -0.4 is 5.32 Å². The first kappa shape index (κ1) is 12.6. The molecule has 0 bridgehead atoms. The molecule has 0 spiro atoms.